The van der Waals surface area contributed by atoms with E-state index in [2.05, 4.69) is 15.4 Å². The molecule has 0 radical (unpaired) electrons. The van der Waals surface area contributed by atoms with Crippen molar-refractivity contribution in [3.8, 4) is 11.5 Å². The van der Waals surface area contributed by atoms with E-state index in [4.69, 9.17) is 9.47 Å². The van der Waals surface area contributed by atoms with Gasteiger partial charge in [0.1, 0.15) is 18.7 Å². The fourth-order valence-corrected chi connectivity index (χ4v) is 2.18. The second-order valence-corrected chi connectivity index (χ2v) is 5.13. The Morgan fingerprint density at radius 2 is 2.13 bits per heavy atom. The molecule has 2 rings (SSSR count). The first-order valence-corrected chi connectivity index (χ1v) is 7.52. The predicted molar refractivity (Wildman–Crippen MR) is 85.5 cm³/mol. The zero-order valence-electron chi connectivity index (χ0n) is 13.8. The number of ether oxygens (including phenoxy) is 2. The zero-order chi connectivity index (χ0) is 16.8. The lowest BCUT2D eigenvalue weighted by Crippen LogP contribution is -2.33. The van der Waals surface area contributed by atoms with Gasteiger partial charge in [0.25, 0.3) is 0 Å². The average molecular weight is 318 g/mol. The van der Waals surface area contributed by atoms with Gasteiger partial charge < -0.3 is 14.8 Å². The van der Waals surface area contributed by atoms with Crippen LogP contribution in [0.5, 0.6) is 11.5 Å². The third-order valence-electron chi connectivity index (χ3n) is 3.56. The Hall–Kier alpha value is -2.57. The summed E-state index contributed by atoms with van der Waals surface area (Å²) in [6.07, 6.45) is 2.93. The monoisotopic (exact) mass is 318 g/mol. The minimum atomic E-state index is -0.426. The molecule has 1 heterocycles. The maximum Gasteiger partial charge on any atom is 0.245 e. The van der Waals surface area contributed by atoms with Crippen LogP contribution in [0.25, 0.3) is 0 Å². The number of carbonyl (C=O) groups excluding carboxylic acids is 1. The predicted octanol–water partition coefficient (Wildman–Crippen LogP) is 2.12. The second-order valence-electron chi connectivity index (χ2n) is 5.13. The van der Waals surface area contributed by atoms with Gasteiger partial charge in [0.05, 0.1) is 19.8 Å². The van der Waals surface area contributed by atoms with Crippen LogP contribution >= 0.6 is 0 Å². The number of rotatable bonds is 7. The molecule has 7 heteroatoms. The lowest BCUT2D eigenvalue weighted by Gasteiger charge is -2.19. The molecule has 0 aliphatic carbocycles. The fraction of sp³-hybridized carbons (Fsp3) is 0.438. The Kier molecular flexibility index (Phi) is 5.56. The van der Waals surface area contributed by atoms with Gasteiger partial charge in [0.15, 0.2) is 11.5 Å². The Morgan fingerprint density at radius 3 is 2.74 bits per heavy atom. The molecule has 2 atom stereocenters. The quantitative estimate of drug-likeness (QED) is 0.846. The summed E-state index contributed by atoms with van der Waals surface area (Å²) in [6, 6.07) is 5.04. The third kappa shape index (κ3) is 4.00. The van der Waals surface area contributed by atoms with E-state index in [0.717, 1.165) is 5.56 Å². The Balaban J connectivity index is 2.08. The third-order valence-corrected chi connectivity index (χ3v) is 3.56. The lowest BCUT2D eigenvalue weighted by atomic mass is 10.1. The molecule has 0 aliphatic heterocycles. The van der Waals surface area contributed by atoms with Crippen molar-refractivity contribution in [2.45, 2.75) is 32.9 Å². The van der Waals surface area contributed by atoms with Crippen molar-refractivity contribution in [3.63, 3.8) is 0 Å². The van der Waals surface area contributed by atoms with Gasteiger partial charge in [-0.1, -0.05) is 6.07 Å². The van der Waals surface area contributed by atoms with Crippen molar-refractivity contribution in [1.29, 1.82) is 0 Å². The molecule has 0 spiro atoms. The van der Waals surface area contributed by atoms with Crippen molar-refractivity contribution in [1.82, 2.24) is 20.1 Å². The standard InChI is InChI=1S/C16H22N4O3/c1-5-23-14-7-6-13(8-15(14)22-4)11(2)19-16(21)12(3)20-10-17-9-18-20/h6-12H,5H2,1-4H3,(H,19,21). The molecule has 7 nitrogen and oxygen atoms in total. The molecule has 1 N–H and O–H groups in total. The molecule has 2 unspecified atom stereocenters. The van der Waals surface area contributed by atoms with E-state index in [1.807, 2.05) is 32.0 Å². The summed E-state index contributed by atoms with van der Waals surface area (Å²) in [4.78, 5) is 16.1. The van der Waals surface area contributed by atoms with Crippen molar-refractivity contribution in [2.75, 3.05) is 13.7 Å². The van der Waals surface area contributed by atoms with E-state index in [9.17, 15) is 4.79 Å². The first kappa shape index (κ1) is 16.8. The van der Waals surface area contributed by atoms with E-state index in [1.54, 1.807) is 14.0 Å². The number of hydrogen-bond acceptors (Lipinski definition) is 5. The molecule has 1 aromatic heterocycles. The number of carbonyl (C=O) groups is 1. The number of nitrogens with one attached hydrogen (secondary N) is 1. The molecule has 0 bridgehead atoms. The van der Waals surface area contributed by atoms with Crippen LogP contribution < -0.4 is 14.8 Å². The normalized spacial score (nSPS) is 13.2. The number of nitrogens with zero attached hydrogens (tertiary/aromatic N) is 3. The number of methoxy groups -OCH3 is 1. The van der Waals surface area contributed by atoms with E-state index in [-0.39, 0.29) is 11.9 Å². The Bertz CT molecular complexity index is 643. The molecular weight excluding hydrogens is 296 g/mol. The molecule has 0 fully saturated rings. The van der Waals surface area contributed by atoms with Crippen LogP contribution in [0.4, 0.5) is 0 Å². The van der Waals surface area contributed by atoms with Crippen LogP contribution in [0, 0.1) is 0 Å². The van der Waals surface area contributed by atoms with Crippen LogP contribution in [-0.2, 0) is 4.79 Å². The molecule has 0 saturated heterocycles. The largest absolute Gasteiger partial charge is 0.493 e. The van der Waals surface area contributed by atoms with Crippen molar-refractivity contribution in [3.05, 3.63) is 36.4 Å². The van der Waals surface area contributed by atoms with Gasteiger partial charge in [-0.05, 0) is 38.5 Å². The first-order valence-electron chi connectivity index (χ1n) is 7.52. The molecule has 23 heavy (non-hydrogen) atoms. The van der Waals surface area contributed by atoms with Gasteiger partial charge in [-0.3, -0.25) is 4.79 Å². The molecule has 0 aliphatic rings. The summed E-state index contributed by atoms with van der Waals surface area (Å²) >= 11 is 0. The molecule has 124 valence electrons. The van der Waals surface area contributed by atoms with Crippen LogP contribution in [-0.4, -0.2) is 34.4 Å². The van der Waals surface area contributed by atoms with Crippen LogP contribution in [0.15, 0.2) is 30.9 Å². The van der Waals surface area contributed by atoms with E-state index >= 15 is 0 Å². The first-order chi connectivity index (χ1) is 11.1. The second kappa shape index (κ2) is 7.62. The summed E-state index contributed by atoms with van der Waals surface area (Å²) < 4.78 is 12.4. The van der Waals surface area contributed by atoms with Gasteiger partial charge in [-0.2, -0.15) is 5.10 Å². The smallest absolute Gasteiger partial charge is 0.245 e. The molecule has 1 amide bonds. The van der Waals surface area contributed by atoms with E-state index in [1.165, 1.54) is 17.3 Å². The highest BCUT2D eigenvalue weighted by molar-refractivity contribution is 5.80. The molecule has 1 aromatic carbocycles. The van der Waals surface area contributed by atoms with Gasteiger partial charge in [-0.15, -0.1) is 0 Å². The maximum atomic E-state index is 12.3. The molecule has 2 aromatic rings. The van der Waals surface area contributed by atoms with Crippen LogP contribution in [0.3, 0.4) is 0 Å². The van der Waals surface area contributed by atoms with E-state index < -0.39 is 6.04 Å². The summed E-state index contributed by atoms with van der Waals surface area (Å²) in [5, 5.41) is 6.95. The highest BCUT2D eigenvalue weighted by atomic mass is 16.5. The zero-order valence-corrected chi connectivity index (χ0v) is 13.8. The van der Waals surface area contributed by atoms with Crippen LogP contribution in [0.2, 0.25) is 0 Å². The topological polar surface area (TPSA) is 78.3 Å². The molecular formula is C16H22N4O3. The highest BCUT2D eigenvalue weighted by Crippen LogP contribution is 2.30. The minimum absolute atomic E-state index is 0.129. The summed E-state index contributed by atoms with van der Waals surface area (Å²) in [6.45, 7) is 6.18. The van der Waals surface area contributed by atoms with Crippen molar-refractivity contribution < 1.29 is 14.3 Å². The average Bonchev–Trinajstić information content (AvgIpc) is 3.09. The summed E-state index contributed by atoms with van der Waals surface area (Å²) in [5.74, 6) is 1.21. The SMILES string of the molecule is CCOc1ccc(C(C)NC(=O)C(C)n2cncn2)cc1OC. The number of benzene rings is 1. The van der Waals surface area contributed by atoms with Gasteiger partial charge in [-0.25, -0.2) is 9.67 Å². The number of aromatic nitrogens is 3. The maximum absolute atomic E-state index is 12.3. The highest BCUT2D eigenvalue weighted by Gasteiger charge is 2.19. The van der Waals surface area contributed by atoms with E-state index in [0.29, 0.717) is 18.1 Å². The minimum Gasteiger partial charge on any atom is -0.493 e. The fourth-order valence-electron chi connectivity index (χ4n) is 2.18. The van der Waals surface area contributed by atoms with Gasteiger partial charge in [0.2, 0.25) is 5.91 Å². The lowest BCUT2D eigenvalue weighted by molar-refractivity contribution is -0.124. The van der Waals surface area contributed by atoms with Crippen LogP contribution in [0.1, 0.15) is 38.4 Å². The Morgan fingerprint density at radius 1 is 1.35 bits per heavy atom. The number of hydrogen-bond donors (Lipinski definition) is 1. The summed E-state index contributed by atoms with van der Waals surface area (Å²) in [7, 11) is 1.59. The molecule has 0 saturated carbocycles. The number of amides is 1. The van der Waals surface area contributed by atoms with Gasteiger partial charge >= 0.3 is 0 Å². The van der Waals surface area contributed by atoms with Crippen molar-refractivity contribution in [2.24, 2.45) is 0 Å². The summed E-state index contributed by atoms with van der Waals surface area (Å²) in [5.41, 5.74) is 0.935. The van der Waals surface area contributed by atoms with Crippen molar-refractivity contribution >= 4 is 5.91 Å². The Labute approximate surface area is 135 Å². The van der Waals surface area contributed by atoms with Gasteiger partial charge in [0, 0.05) is 0 Å².